The number of nitrogens with zero attached hydrogens (tertiary/aromatic N) is 2. The van der Waals surface area contributed by atoms with Crippen molar-refractivity contribution >= 4 is 32.7 Å². The Balaban J connectivity index is 2.33. The van der Waals surface area contributed by atoms with Crippen molar-refractivity contribution in [1.82, 2.24) is 9.30 Å². The number of aryl methyl sites for hydroxylation is 2. The van der Waals surface area contributed by atoms with E-state index >= 15 is 0 Å². The molecule has 0 amide bonds. The average Bonchev–Trinajstić information content (AvgIpc) is 2.93. The number of ether oxygens (including phenoxy) is 2. The predicted molar refractivity (Wildman–Crippen MR) is 103 cm³/mol. The molecule has 2 aromatic heterocycles. The van der Waals surface area contributed by atoms with Crippen molar-refractivity contribution in [2.45, 2.75) is 6.92 Å². The summed E-state index contributed by atoms with van der Waals surface area (Å²) in [5.41, 5.74) is 3.37. The number of hydrogen-bond acceptors (Lipinski definition) is 4. The second-order valence-corrected chi connectivity index (χ2v) is 6.31. The van der Waals surface area contributed by atoms with Gasteiger partial charge in [-0.3, -0.25) is 4.79 Å². The van der Waals surface area contributed by atoms with Gasteiger partial charge in [0.1, 0.15) is 7.11 Å². The normalized spacial score (nSPS) is 11.4. The third kappa shape index (κ3) is 2.02. The number of hydrogen-bond donors (Lipinski definition) is 0. The lowest BCUT2D eigenvalue weighted by Crippen LogP contribution is -2.25. The minimum atomic E-state index is -0.196. The maximum Gasteiger partial charge on any atom is 0.293 e. The minimum absolute atomic E-state index is 0.196. The van der Waals surface area contributed by atoms with E-state index in [0.29, 0.717) is 16.9 Å². The van der Waals surface area contributed by atoms with Gasteiger partial charge in [-0.1, -0.05) is 12.1 Å². The van der Waals surface area contributed by atoms with Crippen LogP contribution in [0.2, 0.25) is 0 Å². The molecule has 0 aliphatic carbocycles. The summed E-state index contributed by atoms with van der Waals surface area (Å²) in [6.45, 7) is 1.99. The quantitative estimate of drug-likeness (QED) is 0.569. The zero-order chi connectivity index (χ0) is 18.6. The maximum atomic E-state index is 13.2. The van der Waals surface area contributed by atoms with Gasteiger partial charge in [-0.25, -0.2) is 0 Å². The van der Waals surface area contributed by atoms with Crippen LogP contribution in [-0.2, 0) is 7.05 Å². The highest BCUT2D eigenvalue weighted by molar-refractivity contribution is 6.17. The predicted octanol–water partition coefficient (Wildman–Crippen LogP) is 3.03. The van der Waals surface area contributed by atoms with E-state index < -0.39 is 0 Å². The first-order chi connectivity index (χ1) is 12.5. The Kier molecular flexibility index (Phi) is 3.57. The number of fused-ring (bicyclic) bond motifs is 5. The van der Waals surface area contributed by atoms with Crippen molar-refractivity contribution in [3.8, 4) is 11.5 Å². The molecule has 0 aliphatic rings. The van der Waals surface area contributed by atoms with E-state index in [0.717, 1.165) is 32.9 Å². The highest BCUT2D eigenvalue weighted by Crippen LogP contribution is 2.38. The topological polar surface area (TPSA) is 54.6 Å². The fourth-order valence-corrected chi connectivity index (χ4v) is 3.70. The van der Waals surface area contributed by atoms with Gasteiger partial charge in [0.2, 0.25) is 0 Å². The third-order valence-corrected chi connectivity index (χ3v) is 4.91. The van der Waals surface area contributed by atoms with E-state index in [9.17, 15) is 4.79 Å². The Morgan fingerprint density at radius 3 is 2.23 bits per heavy atom. The lowest BCUT2D eigenvalue weighted by atomic mass is 10.1. The van der Waals surface area contributed by atoms with Gasteiger partial charge >= 0.3 is 0 Å². The first kappa shape index (κ1) is 16.3. The molecule has 26 heavy (non-hydrogen) atoms. The third-order valence-electron chi connectivity index (χ3n) is 4.91. The van der Waals surface area contributed by atoms with Crippen LogP contribution in [0.5, 0.6) is 11.5 Å². The van der Waals surface area contributed by atoms with Gasteiger partial charge in [0.05, 0.1) is 36.2 Å². The van der Waals surface area contributed by atoms with Crippen molar-refractivity contribution in [3.63, 3.8) is 0 Å². The van der Waals surface area contributed by atoms with Gasteiger partial charge in [-0.15, -0.1) is 4.73 Å². The van der Waals surface area contributed by atoms with Gasteiger partial charge in [0, 0.05) is 23.9 Å². The van der Waals surface area contributed by atoms with Crippen LogP contribution >= 0.6 is 0 Å². The number of rotatable bonds is 3. The summed E-state index contributed by atoms with van der Waals surface area (Å²) >= 11 is 0. The summed E-state index contributed by atoms with van der Waals surface area (Å²) in [7, 11) is 6.64. The zero-order valence-electron chi connectivity index (χ0n) is 15.4. The fourth-order valence-electron chi connectivity index (χ4n) is 3.70. The molecule has 134 valence electrons. The Morgan fingerprint density at radius 1 is 0.885 bits per heavy atom. The Labute approximate surface area is 150 Å². The van der Waals surface area contributed by atoms with Crippen LogP contribution in [0.1, 0.15) is 5.56 Å². The summed E-state index contributed by atoms with van der Waals surface area (Å²) in [5, 5.41) is 2.35. The minimum Gasteiger partial charge on any atom is -0.493 e. The molecular weight excluding hydrogens is 332 g/mol. The molecule has 6 nitrogen and oxygen atoms in total. The standard InChI is InChI=1S/C20H20N2O4/c1-11-6-7-12-15(8-11)22(26-5)20(23)18-13-9-16(24-3)17(25-4)10-14(13)21(2)19(12)18/h6-10H,1-5H3. The SMILES string of the molecule is COc1cc2c3c(=O)n(OC)c4cc(C)ccc4c3n(C)c2cc1OC. The molecule has 2 aromatic carbocycles. The highest BCUT2D eigenvalue weighted by atomic mass is 16.6. The molecule has 0 N–H and O–H groups in total. The number of benzene rings is 2. The largest absolute Gasteiger partial charge is 0.493 e. The van der Waals surface area contributed by atoms with Crippen LogP contribution in [0.15, 0.2) is 35.1 Å². The van der Waals surface area contributed by atoms with E-state index in [1.165, 1.54) is 11.8 Å². The molecule has 2 heterocycles. The van der Waals surface area contributed by atoms with E-state index in [1.54, 1.807) is 14.2 Å². The van der Waals surface area contributed by atoms with Crippen LogP contribution in [0, 0.1) is 6.92 Å². The fraction of sp³-hybridized carbons (Fsp3) is 0.250. The van der Waals surface area contributed by atoms with E-state index in [1.807, 2.05) is 48.9 Å². The van der Waals surface area contributed by atoms with Crippen molar-refractivity contribution in [3.05, 3.63) is 46.2 Å². The second-order valence-electron chi connectivity index (χ2n) is 6.31. The molecule has 0 radical (unpaired) electrons. The van der Waals surface area contributed by atoms with E-state index in [2.05, 4.69) is 0 Å². The first-order valence-electron chi connectivity index (χ1n) is 8.25. The molecule has 4 rings (SSSR count). The number of methoxy groups -OCH3 is 2. The van der Waals surface area contributed by atoms with Crippen molar-refractivity contribution in [2.75, 3.05) is 21.3 Å². The van der Waals surface area contributed by atoms with Gasteiger partial charge in [0.25, 0.3) is 5.56 Å². The molecule has 0 saturated carbocycles. The van der Waals surface area contributed by atoms with E-state index in [4.69, 9.17) is 14.3 Å². The lowest BCUT2D eigenvalue weighted by Gasteiger charge is -2.11. The summed E-state index contributed by atoms with van der Waals surface area (Å²) in [6.07, 6.45) is 0. The van der Waals surface area contributed by atoms with Crippen LogP contribution in [0.25, 0.3) is 32.7 Å². The Hall–Kier alpha value is -3.15. The smallest absolute Gasteiger partial charge is 0.293 e. The second kappa shape index (κ2) is 5.69. The van der Waals surface area contributed by atoms with Crippen LogP contribution in [0.4, 0.5) is 0 Å². The van der Waals surface area contributed by atoms with Crippen molar-refractivity contribution in [2.24, 2.45) is 7.05 Å². The maximum absolute atomic E-state index is 13.2. The lowest BCUT2D eigenvalue weighted by molar-refractivity contribution is 0.170. The summed E-state index contributed by atoms with van der Waals surface area (Å²) in [5.74, 6) is 1.21. The first-order valence-corrected chi connectivity index (χ1v) is 8.25. The zero-order valence-corrected chi connectivity index (χ0v) is 15.4. The summed E-state index contributed by atoms with van der Waals surface area (Å²) in [6, 6.07) is 9.75. The van der Waals surface area contributed by atoms with Crippen molar-refractivity contribution in [1.29, 1.82) is 0 Å². The molecule has 6 heteroatoms. The van der Waals surface area contributed by atoms with Gasteiger partial charge in [0.15, 0.2) is 11.5 Å². The van der Waals surface area contributed by atoms with Crippen molar-refractivity contribution < 1.29 is 14.3 Å². The van der Waals surface area contributed by atoms with Crippen LogP contribution in [0.3, 0.4) is 0 Å². The number of aromatic nitrogens is 2. The molecular formula is C20H20N2O4. The van der Waals surface area contributed by atoms with Gasteiger partial charge in [-0.2, -0.15) is 0 Å². The van der Waals surface area contributed by atoms with Gasteiger partial charge in [-0.05, 0) is 24.6 Å². The van der Waals surface area contributed by atoms with Crippen LogP contribution in [-0.4, -0.2) is 30.6 Å². The Bertz CT molecular complexity index is 1230. The monoisotopic (exact) mass is 352 g/mol. The molecule has 0 fully saturated rings. The van der Waals surface area contributed by atoms with Crippen LogP contribution < -0.4 is 19.9 Å². The molecule has 0 bridgehead atoms. The summed E-state index contributed by atoms with van der Waals surface area (Å²) < 4.78 is 14.2. The molecule has 0 saturated heterocycles. The van der Waals surface area contributed by atoms with E-state index in [-0.39, 0.29) is 5.56 Å². The highest BCUT2D eigenvalue weighted by Gasteiger charge is 2.20. The molecule has 0 aliphatic heterocycles. The average molecular weight is 352 g/mol. The molecule has 0 spiro atoms. The summed E-state index contributed by atoms with van der Waals surface area (Å²) in [4.78, 5) is 18.6. The molecule has 0 atom stereocenters. The molecule has 0 unspecified atom stereocenters. The molecule has 4 aromatic rings. The van der Waals surface area contributed by atoms with Gasteiger partial charge < -0.3 is 18.9 Å². The Morgan fingerprint density at radius 2 is 1.58 bits per heavy atom. The number of pyridine rings is 1.